The molecule has 1 fully saturated rings. The number of anilines is 1. The number of nitrogens with one attached hydrogen (secondary N) is 1. The molecule has 0 radical (unpaired) electrons. The third kappa shape index (κ3) is 2.91. The van der Waals surface area contributed by atoms with Gasteiger partial charge in [-0.25, -0.2) is 9.97 Å². The minimum Gasteiger partial charge on any atom is -0.367 e. The molecule has 1 unspecified atom stereocenters. The molecule has 0 amide bonds. The van der Waals surface area contributed by atoms with Gasteiger partial charge in [0.05, 0.1) is 5.39 Å². The normalized spacial score (nSPS) is 18.4. The Hall–Kier alpha value is -0.870. The van der Waals surface area contributed by atoms with Gasteiger partial charge in [0, 0.05) is 10.9 Å². The molecule has 1 saturated carbocycles. The summed E-state index contributed by atoms with van der Waals surface area (Å²) in [5.41, 5.74) is 0. The highest BCUT2D eigenvalue weighted by Gasteiger charge is 2.21. The van der Waals surface area contributed by atoms with Crippen LogP contribution in [-0.4, -0.2) is 16.0 Å². The highest BCUT2D eigenvalue weighted by Crippen LogP contribution is 2.32. The van der Waals surface area contributed by atoms with Crippen LogP contribution in [0, 0.1) is 12.8 Å². The molecule has 1 aliphatic rings. The van der Waals surface area contributed by atoms with Gasteiger partial charge in [-0.05, 0) is 50.3 Å². The lowest BCUT2D eigenvalue weighted by Crippen LogP contribution is -2.28. The summed E-state index contributed by atoms with van der Waals surface area (Å²) in [6, 6.07) is 2.58. The van der Waals surface area contributed by atoms with E-state index in [1.54, 1.807) is 11.3 Å². The van der Waals surface area contributed by atoms with E-state index in [9.17, 15) is 0 Å². The van der Waals surface area contributed by atoms with E-state index in [1.807, 2.05) is 0 Å². The summed E-state index contributed by atoms with van der Waals surface area (Å²) in [5, 5.41) is 5.01. The predicted molar refractivity (Wildman–Crippen MR) is 86.8 cm³/mol. The van der Waals surface area contributed by atoms with Crippen molar-refractivity contribution in [3.8, 4) is 0 Å². The average Bonchev–Trinajstić information content (AvgIpc) is 2.80. The summed E-state index contributed by atoms with van der Waals surface area (Å²) < 4.78 is 0. The molecule has 108 valence electrons. The van der Waals surface area contributed by atoms with Gasteiger partial charge in [0.15, 0.2) is 0 Å². The molecular weight excluding hydrogens is 290 g/mol. The van der Waals surface area contributed by atoms with Crippen LogP contribution in [0.1, 0.15) is 43.9 Å². The zero-order valence-corrected chi connectivity index (χ0v) is 13.5. The van der Waals surface area contributed by atoms with E-state index < -0.39 is 0 Å². The fraction of sp³-hybridized carbons (Fsp3) is 0.600. The Kier molecular flexibility index (Phi) is 4.13. The fourth-order valence-corrected chi connectivity index (χ4v) is 4.19. The van der Waals surface area contributed by atoms with Crippen molar-refractivity contribution in [3.05, 3.63) is 16.2 Å². The fourth-order valence-electron chi connectivity index (χ4n) is 3.09. The van der Waals surface area contributed by atoms with Gasteiger partial charge < -0.3 is 5.32 Å². The largest absolute Gasteiger partial charge is 0.367 e. The first-order valence-corrected chi connectivity index (χ1v) is 8.53. The zero-order valence-electron chi connectivity index (χ0n) is 11.9. The van der Waals surface area contributed by atoms with Crippen LogP contribution >= 0.6 is 22.9 Å². The molecule has 1 aliphatic carbocycles. The van der Waals surface area contributed by atoms with Crippen LogP contribution in [0.25, 0.3) is 10.2 Å². The molecule has 1 N–H and O–H groups in total. The number of thiophene rings is 1. The Labute approximate surface area is 128 Å². The van der Waals surface area contributed by atoms with Crippen molar-refractivity contribution >= 4 is 39.0 Å². The molecule has 0 aliphatic heterocycles. The second kappa shape index (κ2) is 5.86. The first-order valence-electron chi connectivity index (χ1n) is 7.33. The lowest BCUT2D eigenvalue weighted by atomic mass is 9.84. The van der Waals surface area contributed by atoms with Crippen LogP contribution in [-0.2, 0) is 0 Å². The Morgan fingerprint density at radius 2 is 2.05 bits per heavy atom. The summed E-state index contributed by atoms with van der Waals surface area (Å²) in [6.07, 6.45) is 6.73. The van der Waals surface area contributed by atoms with Crippen molar-refractivity contribution in [1.29, 1.82) is 0 Å². The number of hydrogen-bond acceptors (Lipinski definition) is 4. The number of nitrogens with zero attached hydrogens (tertiary/aromatic N) is 2. The molecule has 2 aromatic heterocycles. The van der Waals surface area contributed by atoms with Gasteiger partial charge in [0.2, 0.25) is 5.28 Å². The SMILES string of the molecule is Cc1cc2c(NC(C)C3CCCCC3)nc(Cl)nc2s1. The van der Waals surface area contributed by atoms with Crippen LogP contribution in [0.5, 0.6) is 0 Å². The van der Waals surface area contributed by atoms with Crippen molar-refractivity contribution in [1.82, 2.24) is 9.97 Å². The molecule has 0 spiro atoms. The molecule has 20 heavy (non-hydrogen) atoms. The van der Waals surface area contributed by atoms with E-state index in [-0.39, 0.29) is 0 Å². The summed E-state index contributed by atoms with van der Waals surface area (Å²) >= 11 is 7.71. The first kappa shape index (κ1) is 14.1. The molecule has 2 aromatic rings. The molecule has 0 saturated heterocycles. The number of halogens is 1. The highest BCUT2D eigenvalue weighted by atomic mass is 35.5. The molecule has 0 aromatic carbocycles. The minimum absolute atomic E-state index is 0.331. The molecular formula is C15H20ClN3S. The van der Waals surface area contributed by atoms with Crippen LogP contribution in [0.2, 0.25) is 5.28 Å². The standard InChI is InChI=1S/C15H20ClN3S/c1-9-8-12-13(18-15(16)19-14(12)20-9)17-10(2)11-6-4-3-5-7-11/h8,10-11H,3-7H2,1-2H3,(H,17,18,19). The number of fused-ring (bicyclic) bond motifs is 1. The van der Waals surface area contributed by atoms with Gasteiger partial charge in [-0.2, -0.15) is 0 Å². The van der Waals surface area contributed by atoms with Crippen LogP contribution in [0.4, 0.5) is 5.82 Å². The van der Waals surface area contributed by atoms with Crippen LogP contribution < -0.4 is 5.32 Å². The van der Waals surface area contributed by atoms with Crippen molar-refractivity contribution < 1.29 is 0 Å². The summed E-state index contributed by atoms with van der Waals surface area (Å²) in [4.78, 5) is 10.9. The van der Waals surface area contributed by atoms with Crippen molar-refractivity contribution in [2.45, 2.75) is 52.0 Å². The molecule has 3 nitrogen and oxygen atoms in total. The number of rotatable bonds is 3. The lowest BCUT2D eigenvalue weighted by Gasteiger charge is -2.28. The van der Waals surface area contributed by atoms with E-state index in [2.05, 4.69) is 35.2 Å². The quantitative estimate of drug-likeness (QED) is 0.808. The van der Waals surface area contributed by atoms with Crippen LogP contribution in [0.3, 0.4) is 0 Å². The van der Waals surface area contributed by atoms with Crippen LogP contribution in [0.15, 0.2) is 6.07 Å². The summed E-state index contributed by atoms with van der Waals surface area (Å²) in [7, 11) is 0. The number of hydrogen-bond donors (Lipinski definition) is 1. The topological polar surface area (TPSA) is 37.8 Å². The van der Waals surface area contributed by atoms with E-state index >= 15 is 0 Å². The van der Waals surface area contributed by atoms with E-state index in [0.29, 0.717) is 11.3 Å². The second-order valence-corrected chi connectivity index (χ2v) is 7.32. The van der Waals surface area contributed by atoms with Crippen molar-refractivity contribution in [2.75, 3.05) is 5.32 Å². The summed E-state index contributed by atoms with van der Waals surface area (Å²) in [5.74, 6) is 1.63. The maximum Gasteiger partial charge on any atom is 0.225 e. The van der Waals surface area contributed by atoms with E-state index in [4.69, 9.17) is 11.6 Å². The zero-order chi connectivity index (χ0) is 14.1. The Balaban J connectivity index is 1.85. The van der Waals surface area contributed by atoms with E-state index in [0.717, 1.165) is 22.0 Å². The molecule has 3 rings (SSSR count). The van der Waals surface area contributed by atoms with Crippen molar-refractivity contribution in [3.63, 3.8) is 0 Å². The van der Waals surface area contributed by atoms with Gasteiger partial charge in [-0.3, -0.25) is 0 Å². The number of aromatic nitrogens is 2. The smallest absolute Gasteiger partial charge is 0.225 e. The van der Waals surface area contributed by atoms with Gasteiger partial charge in [0.1, 0.15) is 10.6 Å². The van der Waals surface area contributed by atoms with Gasteiger partial charge in [-0.1, -0.05) is 19.3 Å². The Morgan fingerprint density at radius 3 is 2.80 bits per heavy atom. The summed E-state index contributed by atoms with van der Waals surface area (Å²) in [6.45, 7) is 4.35. The molecule has 5 heteroatoms. The van der Waals surface area contributed by atoms with Gasteiger partial charge in [0.25, 0.3) is 0 Å². The monoisotopic (exact) mass is 309 g/mol. The minimum atomic E-state index is 0.331. The number of aryl methyl sites for hydroxylation is 1. The highest BCUT2D eigenvalue weighted by molar-refractivity contribution is 7.18. The van der Waals surface area contributed by atoms with Gasteiger partial charge >= 0.3 is 0 Å². The lowest BCUT2D eigenvalue weighted by molar-refractivity contribution is 0.328. The second-order valence-electron chi connectivity index (χ2n) is 5.75. The average molecular weight is 310 g/mol. The first-order chi connectivity index (χ1) is 9.63. The molecule has 0 bridgehead atoms. The third-order valence-corrected chi connectivity index (χ3v) is 5.32. The van der Waals surface area contributed by atoms with Gasteiger partial charge in [-0.15, -0.1) is 11.3 Å². The maximum atomic E-state index is 6.05. The Morgan fingerprint density at radius 1 is 1.30 bits per heavy atom. The Bertz CT molecular complexity index is 604. The molecule has 1 atom stereocenters. The third-order valence-electron chi connectivity index (χ3n) is 4.21. The molecule has 2 heterocycles. The van der Waals surface area contributed by atoms with Crippen molar-refractivity contribution in [2.24, 2.45) is 5.92 Å². The van der Waals surface area contributed by atoms with E-state index in [1.165, 1.54) is 37.0 Å². The maximum absolute atomic E-state index is 6.05. The predicted octanol–water partition coefficient (Wildman–Crippen LogP) is 5.03.